The fraction of sp³-hybridized carbons (Fsp3) is 0.548. The van der Waals surface area contributed by atoms with Gasteiger partial charge in [0.1, 0.15) is 5.15 Å². The van der Waals surface area contributed by atoms with Crippen LogP contribution in [0.1, 0.15) is 91.3 Å². The van der Waals surface area contributed by atoms with Crippen LogP contribution >= 0.6 is 20.8 Å². The molecule has 39 heavy (non-hydrogen) atoms. The van der Waals surface area contributed by atoms with Crippen molar-refractivity contribution in [3.63, 3.8) is 0 Å². The lowest BCUT2D eigenvalue weighted by Gasteiger charge is -2.31. The minimum absolute atomic E-state index is 0.0271. The number of ether oxygens (including phenoxy) is 2. The Kier molecular flexibility index (Phi) is 11.2. The second kappa shape index (κ2) is 14.0. The number of hydrogen-bond donors (Lipinski definition) is 0. The Balaban J connectivity index is 2.16. The van der Waals surface area contributed by atoms with E-state index in [0.29, 0.717) is 35.7 Å². The third-order valence-corrected chi connectivity index (χ3v) is 8.63. The zero-order valence-electron chi connectivity index (χ0n) is 24.7. The van der Waals surface area contributed by atoms with E-state index in [4.69, 9.17) is 21.1 Å². The lowest BCUT2D eigenvalue weighted by molar-refractivity contribution is -0.118. The molecule has 0 bridgehead atoms. The van der Waals surface area contributed by atoms with Gasteiger partial charge in [-0.15, -0.1) is 0 Å². The summed E-state index contributed by atoms with van der Waals surface area (Å²) in [5.74, 6) is 1.15. The molecule has 2 aromatic heterocycles. The number of hydrogen-bond acceptors (Lipinski definition) is 6. The summed E-state index contributed by atoms with van der Waals surface area (Å²) in [6.45, 7) is 17.9. The highest BCUT2D eigenvalue weighted by molar-refractivity contribution is 7.28. The van der Waals surface area contributed by atoms with E-state index >= 15 is 0 Å². The number of carbonyl (C=O) groups is 1. The lowest BCUT2D eigenvalue weighted by atomic mass is 9.74. The number of fused-ring (bicyclic) bond motifs is 1. The van der Waals surface area contributed by atoms with Crippen molar-refractivity contribution in [1.29, 1.82) is 0 Å². The van der Waals surface area contributed by atoms with Crippen LogP contribution in [-0.2, 0) is 22.6 Å². The number of aromatic nitrogens is 3. The maximum absolute atomic E-state index is 13.9. The Hall–Kier alpha value is -2.14. The number of Topliss-reactive ketones (excluding diaryl/α,β-unsaturated/α-hetero) is 1. The molecule has 0 fully saturated rings. The molecule has 1 aliphatic rings. The van der Waals surface area contributed by atoms with Crippen LogP contribution in [0.25, 0.3) is 5.57 Å². The van der Waals surface area contributed by atoms with E-state index < -0.39 is 0 Å². The predicted octanol–water partition coefficient (Wildman–Crippen LogP) is 7.69. The number of ketones is 1. The van der Waals surface area contributed by atoms with Gasteiger partial charge in [-0.25, -0.2) is 9.97 Å². The number of aryl methyl sites for hydroxylation is 1. The molecule has 0 saturated carbocycles. The smallest absolute Gasteiger partial charge is 0.324 e. The van der Waals surface area contributed by atoms with Gasteiger partial charge >= 0.3 is 6.01 Å². The zero-order chi connectivity index (χ0) is 28.9. The highest BCUT2D eigenvalue weighted by Crippen LogP contribution is 2.42. The van der Waals surface area contributed by atoms with Crippen molar-refractivity contribution in [2.24, 2.45) is 17.8 Å². The van der Waals surface area contributed by atoms with Crippen LogP contribution in [0.15, 0.2) is 29.1 Å². The fourth-order valence-corrected chi connectivity index (χ4v) is 5.61. The monoisotopic (exact) mass is 571 g/mol. The molecule has 6 nitrogen and oxygen atoms in total. The zero-order valence-corrected chi connectivity index (χ0v) is 26.6. The number of carbonyl (C=O) groups excluding carboxylic acids is 1. The van der Waals surface area contributed by atoms with Gasteiger partial charge < -0.3 is 9.47 Å². The van der Waals surface area contributed by atoms with E-state index in [9.17, 15) is 4.79 Å². The Bertz CT molecular complexity index is 1270. The van der Waals surface area contributed by atoms with Crippen LogP contribution in [0.4, 0.5) is 0 Å². The van der Waals surface area contributed by atoms with Gasteiger partial charge in [0.2, 0.25) is 5.88 Å². The Morgan fingerprint density at radius 2 is 1.74 bits per heavy atom. The topological polar surface area (TPSA) is 74.2 Å². The summed E-state index contributed by atoms with van der Waals surface area (Å²) in [6.07, 6.45) is 6.94. The Morgan fingerprint density at radius 1 is 1.05 bits per heavy atom. The summed E-state index contributed by atoms with van der Waals surface area (Å²) < 4.78 is 11.5. The molecule has 2 unspecified atom stereocenters. The van der Waals surface area contributed by atoms with Gasteiger partial charge in [0.15, 0.2) is 5.78 Å². The molecule has 3 atom stereocenters. The largest absolute Gasteiger partial charge is 0.404 e. The third kappa shape index (κ3) is 6.96. The summed E-state index contributed by atoms with van der Waals surface area (Å²) in [4.78, 5) is 27.1. The van der Waals surface area contributed by atoms with Crippen molar-refractivity contribution in [1.82, 2.24) is 15.0 Å². The van der Waals surface area contributed by atoms with E-state index in [2.05, 4.69) is 65.7 Å². The van der Waals surface area contributed by atoms with E-state index in [0.717, 1.165) is 47.7 Å². The van der Waals surface area contributed by atoms with Crippen LogP contribution in [0.2, 0.25) is 5.15 Å². The third-order valence-electron chi connectivity index (χ3n) is 7.77. The van der Waals surface area contributed by atoms with E-state index in [1.54, 1.807) is 6.20 Å². The average Bonchev–Trinajstić information content (AvgIpc) is 2.92. The maximum atomic E-state index is 13.9. The molecule has 0 spiro atoms. The van der Waals surface area contributed by atoms with Crippen molar-refractivity contribution in [2.45, 2.75) is 87.7 Å². The summed E-state index contributed by atoms with van der Waals surface area (Å²) in [7, 11) is 2.82. The first kappa shape index (κ1) is 31.4. The van der Waals surface area contributed by atoms with Crippen molar-refractivity contribution >= 4 is 37.5 Å². The number of nitrogens with zero attached hydrogens (tertiary/aromatic N) is 3. The normalized spacial score (nSPS) is 15.7. The van der Waals surface area contributed by atoms with E-state index in [-0.39, 0.29) is 23.6 Å². The van der Waals surface area contributed by atoms with E-state index in [1.165, 1.54) is 16.7 Å². The molecular formula is C31H43ClN3O3P. The highest BCUT2D eigenvalue weighted by atomic mass is 35.5. The van der Waals surface area contributed by atoms with Gasteiger partial charge in [-0.3, -0.25) is 4.79 Å². The number of halogens is 1. The average molecular weight is 572 g/mol. The summed E-state index contributed by atoms with van der Waals surface area (Å²) in [6, 6.07) is 0.127. The molecule has 2 heterocycles. The standard InChI is InChI=1S/C31H43ClN3O3P/c1-9-18(6)20(8)25(27(36)19(7)10-2)23-13-12-21-14-33-30(28(39)26(21)24(23)17(4)5)38-31-34-15-22(16-37-11-3)29(32)35-31/h14-15,17-19H,9-13,16,39H2,1-8H3/b25-20-/t18-,19?/m0/s1. The van der Waals surface area contributed by atoms with Crippen LogP contribution in [-0.4, -0.2) is 27.3 Å². The maximum Gasteiger partial charge on any atom is 0.324 e. The first-order valence-electron chi connectivity index (χ1n) is 14.1. The number of pyridine rings is 1. The van der Waals surface area contributed by atoms with Gasteiger partial charge in [0, 0.05) is 41.4 Å². The second-order valence-corrected chi connectivity index (χ2v) is 11.6. The SMILES string of the molecule is CCOCc1cnc(Oc2ncc3c(c2P)C(C(C)C)=C(/C(C(=O)C(C)CC)=C(\C)[C@@H](C)CC)CC3)nc1Cl. The van der Waals surface area contributed by atoms with Crippen molar-refractivity contribution in [2.75, 3.05) is 6.61 Å². The second-order valence-electron chi connectivity index (χ2n) is 10.7. The lowest BCUT2D eigenvalue weighted by Crippen LogP contribution is -2.24. The molecule has 1 aliphatic carbocycles. The first-order chi connectivity index (χ1) is 18.5. The highest BCUT2D eigenvalue weighted by Gasteiger charge is 2.32. The number of allylic oxidation sites excluding steroid dienone is 4. The molecule has 2 aromatic rings. The molecule has 0 radical (unpaired) electrons. The molecule has 0 saturated heterocycles. The van der Waals surface area contributed by atoms with Gasteiger partial charge in [-0.05, 0) is 73.6 Å². The van der Waals surface area contributed by atoms with Gasteiger partial charge in [0.05, 0.1) is 6.61 Å². The molecule has 3 rings (SSSR count). The van der Waals surface area contributed by atoms with Crippen molar-refractivity contribution in [3.05, 3.63) is 51.0 Å². The predicted molar refractivity (Wildman–Crippen MR) is 163 cm³/mol. The fourth-order valence-electron chi connectivity index (χ4n) is 4.96. The minimum atomic E-state index is -0.0271. The first-order valence-corrected chi connectivity index (χ1v) is 15.0. The molecule has 8 heteroatoms. The summed E-state index contributed by atoms with van der Waals surface area (Å²) in [5, 5.41) is 1.13. The summed E-state index contributed by atoms with van der Waals surface area (Å²) >= 11 is 6.36. The summed E-state index contributed by atoms with van der Waals surface area (Å²) in [5.41, 5.74) is 7.41. The van der Waals surface area contributed by atoms with Gasteiger partial charge in [0.25, 0.3) is 0 Å². The van der Waals surface area contributed by atoms with E-state index in [1.807, 2.05) is 20.0 Å². The molecule has 212 valence electrons. The van der Waals surface area contributed by atoms with Crippen LogP contribution in [0.3, 0.4) is 0 Å². The quantitative estimate of drug-likeness (QED) is 0.148. The molecule has 0 aromatic carbocycles. The minimum Gasteiger partial charge on any atom is -0.404 e. The van der Waals surface area contributed by atoms with Crippen molar-refractivity contribution < 1.29 is 14.3 Å². The van der Waals surface area contributed by atoms with Gasteiger partial charge in [-0.2, -0.15) is 4.98 Å². The molecule has 0 N–H and O–H groups in total. The number of rotatable bonds is 12. The molecule has 0 amide bonds. The Morgan fingerprint density at radius 3 is 2.33 bits per heavy atom. The van der Waals surface area contributed by atoms with Crippen molar-refractivity contribution in [3.8, 4) is 11.9 Å². The molecular weight excluding hydrogens is 529 g/mol. The molecule has 0 aliphatic heterocycles. The van der Waals surface area contributed by atoms with Gasteiger partial charge in [-0.1, -0.05) is 68.0 Å². The van der Waals surface area contributed by atoms with Crippen LogP contribution in [0.5, 0.6) is 11.9 Å². The Labute approximate surface area is 241 Å². The van der Waals surface area contributed by atoms with Crippen LogP contribution < -0.4 is 10.0 Å². The van der Waals surface area contributed by atoms with Crippen LogP contribution in [0, 0.1) is 17.8 Å².